The van der Waals surface area contributed by atoms with Gasteiger partial charge in [-0.1, -0.05) is 23.8 Å². The topological polar surface area (TPSA) is 46.5 Å². The molecule has 0 unspecified atom stereocenters. The molecule has 0 amide bonds. The van der Waals surface area contributed by atoms with E-state index in [1.165, 1.54) is 0 Å². The first-order valence-corrected chi connectivity index (χ1v) is 4.93. The number of carboxylic acid groups (broad SMARTS) is 1. The maximum absolute atomic E-state index is 10.9. The van der Waals surface area contributed by atoms with Crippen molar-refractivity contribution in [3.05, 3.63) is 41.5 Å². The Bertz CT molecular complexity index is 558. The molecule has 16 heavy (non-hydrogen) atoms. The fourth-order valence-electron chi connectivity index (χ4n) is 1.75. The SMILES string of the molecule is COc1cc(C(=O)O)cc2cc(C)ccc12. The van der Waals surface area contributed by atoms with Crippen LogP contribution in [0.2, 0.25) is 0 Å². The molecule has 0 atom stereocenters. The van der Waals surface area contributed by atoms with Crippen LogP contribution in [0.25, 0.3) is 10.8 Å². The molecule has 3 nitrogen and oxygen atoms in total. The van der Waals surface area contributed by atoms with Crippen LogP contribution in [-0.4, -0.2) is 18.2 Å². The monoisotopic (exact) mass is 216 g/mol. The second-order valence-corrected chi connectivity index (χ2v) is 3.71. The highest BCUT2D eigenvalue weighted by molar-refractivity contribution is 5.97. The molecule has 82 valence electrons. The first kappa shape index (κ1) is 10.5. The minimum absolute atomic E-state index is 0.245. The van der Waals surface area contributed by atoms with Gasteiger partial charge in [-0.3, -0.25) is 0 Å². The number of hydrogen-bond acceptors (Lipinski definition) is 2. The fourth-order valence-corrected chi connectivity index (χ4v) is 1.75. The van der Waals surface area contributed by atoms with Crippen molar-refractivity contribution in [2.24, 2.45) is 0 Å². The van der Waals surface area contributed by atoms with Crippen molar-refractivity contribution >= 4 is 16.7 Å². The number of ether oxygens (including phenoxy) is 1. The van der Waals surface area contributed by atoms with Crippen LogP contribution in [0.4, 0.5) is 0 Å². The number of carbonyl (C=O) groups is 1. The van der Waals surface area contributed by atoms with Gasteiger partial charge in [-0.15, -0.1) is 0 Å². The Morgan fingerprint density at radius 3 is 2.62 bits per heavy atom. The van der Waals surface area contributed by atoms with Gasteiger partial charge in [-0.05, 0) is 24.4 Å². The molecular weight excluding hydrogens is 204 g/mol. The van der Waals surface area contributed by atoms with Crippen molar-refractivity contribution in [3.63, 3.8) is 0 Å². The van der Waals surface area contributed by atoms with Crippen LogP contribution in [0.1, 0.15) is 15.9 Å². The van der Waals surface area contributed by atoms with E-state index in [-0.39, 0.29) is 5.56 Å². The zero-order valence-electron chi connectivity index (χ0n) is 9.15. The lowest BCUT2D eigenvalue weighted by atomic mass is 10.0. The van der Waals surface area contributed by atoms with Crippen LogP contribution < -0.4 is 4.74 Å². The Kier molecular flexibility index (Phi) is 2.52. The number of benzene rings is 2. The molecule has 0 aliphatic carbocycles. The number of hydrogen-bond donors (Lipinski definition) is 1. The third-order valence-electron chi connectivity index (χ3n) is 2.54. The minimum Gasteiger partial charge on any atom is -0.496 e. The van der Waals surface area contributed by atoms with E-state index >= 15 is 0 Å². The molecule has 3 heteroatoms. The van der Waals surface area contributed by atoms with Crippen molar-refractivity contribution in [1.82, 2.24) is 0 Å². The minimum atomic E-state index is -0.943. The van der Waals surface area contributed by atoms with Crippen molar-refractivity contribution in [3.8, 4) is 5.75 Å². The summed E-state index contributed by atoms with van der Waals surface area (Å²) in [6.45, 7) is 1.97. The van der Waals surface area contributed by atoms with E-state index in [2.05, 4.69) is 0 Å². The highest BCUT2D eigenvalue weighted by Gasteiger charge is 2.09. The lowest BCUT2D eigenvalue weighted by Crippen LogP contribution is -1.97. The summed E-state index contributed by atoms with van der Waals surface area (Å²) in [6, 6.07) is 9.07. The van der Waals surface area contributed by atoms with Gasteiger partial charge in [0.1, 0.15) is 5.75 Å². The Balaban J connectivity index is 2.78. The molecule has 0 radical (unpaired) electrons. The highest BCUT2D eigenvalue weighted by atomic mass is 16.5. The molecule has 0 bridgehead atoms. The predicted molar refractivity (Wildman–Crippen MR) is 62.2 cm³/mol. The van der Waals surface area contributed by atoms with Gasteiger partial charge in [-0.25, -0.2) is 4.79 Å². The molecule has 0 aliphatic heterocycles. The summed E-state index contributed by atoms with van der Waals surface area (Å²) < 4.78 is 5.19. The molecule has 2 aromatic rings. The first-order valence-electron chi connectivity index (χ1n) is 4.93. The quantitative estimate of drug-likeness (QED) is 0.839. The molecule has 0 saturated carbocycles. The second-order valence-electron chi connectivity index (χ2n) is 3.71. The lowest BCUT2D eigenvalue weighted by Gasteiger charge is -2.07. The van der Waals surface area contributed by atoms with Crippen LogP contribution in [0.3, 0.4) is 0 Å². The average Bonchev–Trinajstić information content (AvgIpc) is 2.26. The van der Waals surface area contributed by atoms with Gasteiger partial charge in [-0.2, -0.15) is 0 Å². The fraction of sp³-hybridized carbons (Fsp3) is 0.154. The summed E-state index contributed by atoms with van der Waals surface area (Å²) >= 11 is 0. The van der Waals surface area contributed by atoms with Gasteiger partial charge in [0.25, 0.3) is 0 Å². The number of rotatable bonds is 2. The number of carboxylic acids is 1. The highest BCUT2D eigenvalue weighted by Crippen LogP contribution is 2.28. The van der Waals surface area contributed by atoms with Gasteiger partial charge >= 0.3 is 5.97 Å². The van der Waals surface area contributed by atoms with E-state index < -0.39 is 5.97 Å². The smallest absolute Gasteiger partial charge is 0.335 e. The van der Waals surface area contributed by atoms with E-state index in [1.54, 1.807) is 19.2 Å². The summed E-state index contributed by atoms with van der Waals surface area (Å²) in [7, 11) is 1.54. The van der Waals surface area contributed by atoms with Crippen molar-refractivity contribution in [2.45, 2.75) is 6.92 Å². The average molecular weight is 216 g/mol. The molecule has 2 aromatic carbocycles. The summed E-state index contributed by atoms with van der Waals surface area (Å²) in [4.78, 5) is 10.9. The molecule has 2 rings (SSSR count). The molecule has 0 fully saturated rings. The van der Waals surface area contributed by atoms with Gasteiger partial charge in [0.2, 0.25) is 0 Å². The Labute approximate surface area is 93.3 Å². The molecule has 1 N–H and O–H groups in total. The normalized spacial score (nSPS) is 10.4. The van der Waals surface area contributed by atoms with Crippen molar-refractivity contribution < 1.29 is 14.6 Å². The molecule has 0 spiro atoms. The van der Waals surface area contributed by atoms with E-state index in [0.717, 1.165) is 16.3 Å². The van der Waals surface area contributed by atoms with Crippen LogP contribution in [0, 0.1) is 6.92 Å². The van der Waals surface area contributed by atoms with Gasteiger partial charge in [0, 0.05) is 5.39 Å². The summed E-state index contributed by atoms with van der Waals surface area (Å²) in [6.07, 6.45) is 0. The van der Waals surface area contributed by atoms with Gasteiger partial charge < -0.3 is 9.84 Å². The first-order chi connectivity index (χ1) is 7.61. The number of fused-ring (bicyclic) bond motifs is 1. The van der Waals surface area contributed by atoms with E-state index in [9.17, 15) is 4.79 Å². The molecule has 0 heterocycles. The Morgan fingerprint density at radius 1 is 1.25 bits per heavy atom. The number of methoxy groups -OCH3 is 1. The van der Waals surface area contributed by atoms with Crippen LogP contribution in [-0.2, 0) is 0 Å². The van der Waals surface area contributed by atoms with E-state index in [1.807, 2.05) is 25.1 Å². The number of aromatic carboxylic acids is 1. The maximum atomic E-state index is 10.9. The summed E-state index contributed by atoms with van der Waals surface area (Å²) in [5, 5.41) is 10.8. The molecule has 0 aliphatic rings. The summed E-state index contributed by atoms with van der Waals surface area (Å²) in [5.41, 5.74) is 1.34. The standard InChI is InChI=1S/C13H12O3/c1-8-3-4-11-9(5-8)6-10(13(14)15)7-12(11)16-2/h3-7H,1-2H3,(H,14,15). The largest absolute Gasteiger partial charge is 0.496 e. The zero-order valence-corrected chi connectivity index (χ0v) is 9.15. The second kappa shape index (κ2) is 3.85. The third-order valence-corrected chi connectivity index (χ3v) is 2.54. The third kappa shape index (κ3) is 1.72. The van der Waals surface area contributed by atoms with E-state index in [0.29, 0.717) is 5.75 Å². The molecular formula is C13H12O3. The van der Waals surface area contributed by atoms with Gasteiger partial charge in [0.05, 0.1) is 12.7 Å². The Hall–Kier alpha value is -2.03. The predicted octanol–water partition coefficient (Wildman–Crippen LogP) is 2.86. The number of aryl methyl sites for hydroxylation is 1. The zero-order chi connectivity index (χ0) is 11.7. The molecule has 0 saturated heterocycles. The maximum Gasteiger partial charge on any atom is 0.335 e. The van der Waals surface area contributed by atoms with Crippen LogP contribution >= 0.6 is 0 Å². The molecule has 0 aromatic heterocycles. The summed E-state index contributed by atoms with van der Waals surface area (Å²) in [5.74, 6) is -0.350. The lowest BCUT2D eigenvalue weighted by molar-refractivity contribution is 0.0696. The van der Waals surface area contributed by atoms with Crippen molar-refractivity contribution in [1.29, 1.82) is 0 Å². The van der Waals surface area contributed by atoms with Crippen LogP contribution in [0.5, 0.6) is 5.75 Å². The van der Waals surface area contributed by atoms with Crippen LogP contribution in [0.15, 0.2) is 30.3 Å². The van der Waals surface area contributed by atoms with Gasteiger partial charge in [0.15, 0.2) is 0 Å². The van der Waals surface area contributed by atoms with Crippen molar-refractivity contribution in [2.75, 3.05) is 7.11 Å². The van der Waals surface area contributed by atoms with E-state index in [4.69, 9.17) is 9.84 Å². The Morgan fingerprint density at radius 2 is 2.00 bits per heavy atom.